The standard InChI is InChI=1S/C30H61ClO7/c1-2-3-4-5-6-7-8-9-10-11-12-13-14-15-17-32-19-21-34-23-25-36-27-29-38-30-28-37-26-24-35-22-20-33-18-16-31/h2-30H2,1H3. The zero-order valence-corrected chi connectivity index (χ0v) is 25.5. The molecule has 0 aliphatic rings. The lowest BCUT2D eigenvalue weighted by atomic mass is 10.0. The summed E-state index contributed by atoms with van der Waals surface area (Å²) in [6, 6.07) is 0. The molecule has 0 unspecified atom stereocenters. The third-order valence-corrected chi connectivity index (χ3v) is 6.25. The molecule has 38 heavy (non-hydrogen) atoms. The molecule has 0 aromatic heterocycles. The Labute approximate surface area is 239 Å². The highest BCUT2D eigenvalue weighted by Crippen LogP contribution is 2.12. The number of ether oxygens (including phenoxy) is 7. The lowest BCUT2D eigenvalue weighted by Crippen LogP contribution is -2.14. The molecule has 0 saturated heterocycles. The third-order valence-electron chi connectivity index (χ3n) is 6.10. The number of halogens is 1. The average molecular weight is 569 g/mol. The maximum atomic E-state index is 5.66. The molecule has 7 nitrogen and oxygen atoms in total. The van der Waals surface area contributed by atoms with Crippen LogP contribution in [-0.4, -0.2) is 98.4 Å². The fraction of sp³-hybridized carbons (Fsp3) is 1.00. The Balaban J connectivity index is 3.01. The van der Waals surface area contributed by atoms with Gasteiger partial charge in [-0.15, -0.1) is 11.6 Å². The van der Waals surface area contributed by atoms with Crippen molar-refractivity contribution in [1.82, 2.24) is 0 Å². The molecule has 0 aromatic carbocycles. The van der Waals surface area contributed by atoms with Crippen molar-refractivity contribution in [3.63, 3.8) is 0 Å². The number of unbranched alkanes of at least 4 members (excludes halogenated alkanes) is 13. The molecule has 0 bridgehead atoms. The second-order valence-electron chi connectivity index (χ2n) is 9.57. The summed E-state index contributed by atoms with van der Waals surface area (Å²) in [7, 11) is 0. The molecular weight excluding hydrogens is 508 g/mol. The monoisotopic (exact) mass is 568 g/mol. The van der Waals surface area contributed by atoms with Crippen molar-refractivity contribution in [2.24, 2.45) is 0 Å². The molecule has 0 amide bonds. The zero-order valence-electron chi connectivity index (χ0n) is 24.7. The van der Waals surface area contributed by atoms with Crippen LogP contribution in [0.5, 0.6) is 0 Å². The second-order valence-corrected chi connectivity index (χ2v) is 9.95. The van der Waals surface area contributed by atoms with Crippen molar-refractivity contribution in [2.75, 3.05) is 98.4 Å². The number of alkyl halides is 1. The van der Waals surface area contributed by atoms with E-state index in [2.05, 4.69) is 6.92 Å². The van der Waals surface area contributed by atoms with E-state index in [1.54, 1.807) is 0 Å². The van der Waals surface area contributed by atoms with Crippen LogP contribution in [0.25, 0.3) is 0 Å². The van der Waals surface area contributed by atoms with Crippen LogP contribution in [0, 0.1) is 0 Å². The van der Waals surface area contributed by atoms with Gasteiger partial charge in [0.15, 0.2) is 0 Å². The van der Waals surface area contributed by atoms with E-state index in [1.807, 2.05) is 0 Å². The lowest BCUT2D eigenvalue weighted by Gasteiger charge is -2.08. The van der Waals surface area contributed by atoms with Crippen LogP contribution in [0.2, 0.25) is 0 Å². The van der Waals surface area contributed by atoms with Gasteiger partial charge in [0.25, 0.3) is 0 Å². The van der Waals surface area contributed by atoms with E-state index < -0.39 is 0 Å². The van der Waals surface area contributed by atoms with Crippen LogP contribution in [0.3, 0.4) is 0 Å². The van der Waals surface area contributed by atoms with Crippen LogP contribution in [0.1, 0.15) is 96.8 Å². The van der Waals surface area contributed by atoms with Gasteiger partial charge < -0.3 is 33.2 Å². The lowest BCUT2D eigenvalue weighted by molar-refractivity contribution is -0.0201. The van der Waals surface area contributed by atoms with E-state index in [-0.39, 0.29) is 0 Å². The number of hydrogen-bond donors (Lipinski definition) is 0. The molecule has 0 radical (unpaired) electrons. The molecule has 8 heteroatoms. The van der Waals surface area contributed by atoms with Crippen molar-refractivity contribution in [1.29, 1.82) is 0 Å². The smallest absolute Gasteiger partial charge is 0.0701 e. The van der Waals surface area contributed by atoms with Gasteiger partial charge >= 0.3 is 0 Å². The first-order valence-corrected chi connectivity index (χ1v) is 16.1. The molecule has 0 atom stereocenters. The summed E-state index contributed by atoms with van der Waals surface area (Å²) in [6.45, 7) is 10.6. The predicted octanol–water partition coefficient (Wildman–Crippen LogP) is 6.82. The van der Waals surface area contributed by atoms with Gasteiger partial charge in [-0.05, 0) is 6.42 Å². The van der Waals surface area contributed by atoms with Crippen LogP contribution < -0.4 is 0 Å². The molecule has 0 aromatic rings. The van der Waals surface area contributed by atoms with E-state index in [0.717, 1.165) is 13.0 Å². The largest absolute Gasteiger partial charge is 0.379 e. The van der Waals surface area contributed by atoms with Crippen molar-refractivity contribution >= 4 is 11.6 Å². The van der Waals surface area contributed by atoms with Crippen LogP contribution in [0.15, 0.2) is 0 Å². The highest BCUT2D eigenvalue weighted by Gasteiger charge is 1.96. The minimum Gasteiger partial charge on any atom is -0.379 e. The third kappa shape index (κ3) is 36.0. The fourth-order valence-corrected chi connectivity index (χ4v) is 3.98. The number of hydrogen-bond acceptors (Lipinski definition) is 7. The topological polar surface area (TPSA) is 64.6 Å². The van der Waals surface area contributed by atoms with E-state index in [1.165, 1.54) is 83.5 Å². The van der Waals surface area contributed by atoms with E-state index in [4.69, 9.17) is 44.8 Å². The van der Waals surface area contributed by atoms with Gasteiger partial charge in [-0.25, -0.2) is 0 Å². The fourth-order valence-electron chi connectivity index (χ4n) is 3.87. The van der Waals surface area contributed by atoms with Gasteiger partial charge in [-0.1, -0.05) is 90.4 Å². The minimum absolute atomic E-state index is 0.511. The average Bonchev–Trinajstić information content (AvgIpc) is 2.93. The van der Waals surface area contributed by atoms with Crippen molar-refractivity contribution in [3.8, 4) is 0 Å². The summed E-state index contributed by atoms with van der Waals surface area (Å²) in [6.07, 6.45) is 19.3. The molecule has 0 aliphatic carbocycles. The second kappa shape index (κ2) is 37.0. The van der Waals surface area contributed by atoms with Gasteiger partial charge in [0, 0.05) is 12.5 Å². The molecule has 0 heterocycles. The predicted molar refractivity (Wildman–Crippen MR) is 157 cm³/mol. The maximum Gasteiger partial charge on any atom is 0.0701 e. The van der Waals surface area contributed by atoms with Crippen molar-refractivity contribution in [3.05, 3.63) is 0 Å². The summed E-state index contributed by atoms with van der Waals surface area (Å²) in [5.41, 5.74) is 0. The quantitative estimate of drug-likeness (QED) is 0.0613. The molecule has 0 N–H and O–H groups in total. The first-order valence-electron chi connectivity index (χ1n) is 15.5. The summed E-state index contributed by atoms with van der Waals surface area (Å²) in [4.78, 5) is 0. The molecule has 0 aliphatic heterocycles. The molecular formula is C30H61ClO7. The molecule has 0 saturated carbocycles. The highest BCUT2D eigenvalue weighted by molar-refractivity contribution is 6.17. The van der Waals surface area contributed by atoms with Gasteiger partial charge in [0.1, 0.15) is 0 Å². The summed E-state index contributed by atoms with van der Waals surface area (Å²) < 4.78 is 38.2. The van der Waals surface area contributed by atoms with Crippen molar-refractivity contribution in [2.45, 2.75) is 96.8 Å². The zero-order chi connectivity index (χ0) is 27.5. The van der Waals surface area contributed by atoms with Gasteiger partial charge in [-0.2, -0.15) is 0 Å². The minimum atomic E-state index is 0.511. The molecule has 0 spiro atoms. The Morgan fingerprint density at radius 1 is 0.289 bits per heavy atom. The van der Waals surface area contributed by atoms with Crippen LogP contribution in [-0.2, 0) is 33.2 Å². The molecule has 230 valence electrons. The van der Waals surface area contributed by atoms with Crippen LogP contribution in [0.4, 0.5) is 0 Å². The van der Waals surface area contributed by atoms with Gasteiger partial charge in [0.05, 0.1) is 85.9 Å². The Kier molecular flexibility index (Phi) is 37.0. The SMILES string of the molecule is CCCCCCCCCCCCCCCCOCCOCCOCCOCCOCCOCCOCCCl. The summed E-state index contributed by atoms with van der Waals surface area (Å²) in [5, 5.41) is 0. The van der Waals surface area contributed by atoms with E-state index >= 15 is 0 Å². The summed E-state index contributed by atoms with van der Waals surface area (Å²) in [5.74, 6) is 0.511. The number of rotatable bonds is 35. The first kappa shape index (κ1) is 38.0. The Morgan fingerprint density at radius 3 is 0.816 bits per heavy atom. The Morgan fingerprint density at radius 2 is 0.526 bits per heavy atom. The van der Waals surface area contributed by atoms with Gasteiger partial charge in [-0.3, -0.25) is 0 Å². The van der Waals surface area contributed by atoms with E-state index in [0.29, 0.717) is 91.8 Å². The van der Waals surface area contributed by atoms with E-state index in [9.17, 15) is 0 Å². The Bertz CT molecular complexity index is 369. The maximum absolute atomic E-state index is 5.66. The van der Waals surface area contributed by atoms with Crippen LogP contribution >= 0.6 is 11.6 Å². The normalized spacial score (nSPS) is 11.5. The summed E-state index contributed by atoms with van der Waals surface area (Å²) >= 11 is 5.51. The van der Waals surface area contributed by atoms with Crippen molar-refractivity contribution < 1.29 is 33.2 Å². The highest BCUT2D eigenvalue weighted by atomic mass is 35.5. The molecule has 0 fully saturated rings. The Hall–Kier alpha value is 0.01000. The molecule has 0 rings (SSSR count). The van der Waals surface area contributed by atoms with Gasteiger partial charge in [0.2, 0.25) is 0 Å². The first-order chi connectivity index (χ1) is 18.9.